The molecule has 0 saturated carbocycles. The van der Waals surface area contributed by atoms with Gasteiger partial charge in [-0.2, -0.15) is 0 Å². The van der Waals surface area contributed by atoms with Gasteiger partial charge in [-0.25, -0.2) is 14.4 Å². The van der Waals surface area contributed by atoms with Gasteiger partial charge in [0.2, 0.25) is 5.96 Å². The third-order valence-corrected chi connectivity index (χ3v) is 7.79. The first kappa shape index (κ1) is 26.6. The molecule has 3 heterocycles. The van der Waals surface area contributed by atoms with E-state index in [-0.39, 0.29) is 30.0 Å². The van der Waals surface area contributed by atoms with Crippen molar-refractivity contribution in [2.75, 3.05) is 18.0 Å². The lowest BCUT2D eigenvalue weighted by Gasteiger charge is -2.33. The molecule has 0 unspecified atom stereocenters. The molecule has 41 heavy (non-hydrogen) atoms. The lowest BCUT2D eigenvalue weighted by molar-refractivity contribution is 0.0840. The number of carbonyl (C=O) groups excluding carboxylic acids is 2. The van der Waals surface area contributed by atoms with Crippen LogP contribution in [0.15, 0.2) is 83.9 Å². The Kier molecular flexibility index (Phi) is 6.99. The zero-order chi connectivity index (χ0) is 28.7. The van der Waals surface area contributed by atoms with Crippen molar-refractivity contribution < 1.29 is 14.0 Å². The molecule has 2 aliphatic heterocycles. The minimum atomic E-state index is -0.327. The summed E-state index contributed by atoms with van der Waals surface area (Å²) in [4.78, 5) is 40.4. The molecule has 0 aliphatic carbocycles. The maximum absolute atomic E-state index is 13.7. The molecule has 0 spiro atoms. The van der Waals surface area contributed by atoms with E-state index in [2.05, 4.69) is 35.4 Å². The number of benzene rings is 3. The molecular weight excluding hydrogens is 517 g/mol. The second-order valence-corrected chi connectivity index (χ2v) is 10.9. The largest absolute Gasteiger partial charge is 0.305 e. The lowest BCUT2D eigenvalue weighted by Crippen LogP contribution is -2.50. The number of anilines is 1. The molecule has 0 fully saturated rings. The average molecular weight is 550 g/mol. The van der Waals surface area contributed by atoms with Crippen LogP contribution in [-0.4, -0.2) is 51.2 Å². The van der Waals surface area contributed by atoms with Crippen LogP contribution in [0.1, 0.15) is 52.7 Å². The van der Waals surface area contributed by atoms with Crippen LogP contribution < -0.4 is 4.90 Å². The molecular formula is C33H32FN5O2. The van der Waals surface area contributed by atoms with E-state index < -0.39 is 0 Å². The minimum absolute atomic E-state index is 0.0542. The molecule has 208 valence electrons. The van der Waals surface area contributed by atoms with Crippen LogP contribution >= 0.6 is 0 Å². The zero-order valence-corrected chi connectivity index (χ0v) is 23.4. The van der Waals surface area contributed by atoms with Crippen LogP contribution in [0, 0.1) is 11.7 Å². The standard InChI is InChI=1S/C33H32FN5O2/c1-4-37-32(41)29-31(39-20-27(21(2)3)35-33(37)39)38(19-23-8-6-5-7-9-23)30(36-29)25-14-12-24(13-15-25)28(40)18-22-10-16-26(34)17-11-22/h5-17,21,27H,4,18-20H2,1-3H3/t27-/m0/s1. The molecule has 0 saturated heterocycles. The topological polar surface area (TPSA) is 70.8 Å². The predicted molar refractivity (Wildman–Crippen MR) is 158 cm³/mol. The van der Waals surface area contributed by atoms with Crippen molar-refractivity contribution in [1.82, 2.24) is 14.5 Å². The van der Waals surface area contributed by atoms with Gasteiger partial charge >= 0.3 is 0 Å². The Morgan fingerprint density at radius 1 is 0.976 bits per heavy atom. The lowest BCUT2D eigenvalue weighted by atomic mass is 10.0. The van der Waals surface area contributed by atoms with Gasteiger partial charge in [0.1, 0.15) is 17.5 Å². The number of guanidine groups is 1. The van der Waals surface area contributed by atoms with Crippen molar-refractivity contribution >= 4 is 23.5 Å². The van der Waals surface area contributed by atoms with Crippen LogP contribution in [0.2, 0.25) is 0 Å². The molecule has 0 bridgehead atoms. The Bertz CT molecular complexity index is 1620. The number of amides is 1. The second kappa shape index (κ2) is 10.8. The summed E-state index contributed by atoms with van der Waals surface area (Å²) in [5, 5.41) is 0. The van der Waals surface area contributed by atoms with Crippen LogP contribution in [0.25, 0.3) is 11.4 Å². The molecule has 3 aromatic carbocycles. The van der Waals surface area contributed by atoms with E-state index >= 15 is 0 Å². The van der Waals surface area contributed by atoms with Crippen molar-refractivity contribution in [3.63, 3.8) is 0 Å². The van der Waals surface area contributed by atoms with E-state index in [1.165, 1.54) is 12.1 Å². The number of hydrogen-bond acceptors (Lipinski definition) is 5. The van der Waals surface area contributed by atoms with Gasteiger partial charge in [-0.15, -0.1) is 0 Å². The van der Waals surface area contributed by atoms with Crippen molar-refractivity contribution in [2.24, 2.45) is 10.9 Å². The minimum Gasteiger partial charge on any atom is -0.305 e. The highest BCUT2D eigenvalue weighted by Gasteiger charge is 2.44. The Hall–Kier alpha value is -4.59. The van der Waals surface area contributed by atoms with E-state index in [9.17, 15) is 14.0 Å². The summed E-state index contributed by atoms with van der Waals surface area (Å²) in [5.41, 5.74) is 3.63. The maximum atomic E-state index is 13.7. The van der Waals surface area contributed by atoms with Crippen molar-refractivity contribution in [3.8, 4) is 11.4 Å². The number of carbonyl (C=O) groups is 2. The van der Waals surface area contributed by atoms with Gasteiger partial charge in [-0.05, 0) is 36.1 Å². The summed E-state index contributed by atoms with van der Waals surface area (Å²) in [7, 11) is 0. The fourth-order valence-corrected chi connectivity index (χ4v) is 5.48. The summed E-state index contributed by atoms with van der Waals surface area (Å²) >= 11 is 0. The Morgan fingerprint density at radius 2 is 1.68 bits per heavy atom. The van der Waals surface area contributed by atoms with Crippen LogP contribution in [0.4, 0.5) is 10.2 Å². The SMILES string of the molecule is CCN1C(=O)c2nc(-c3ccc(C(=O)Cc4ccc(F)cc4)cc3)n(Cc3ccccc3)c2N2C[C@@H](C(C)C)N=C12. The molecule has 4 aromatic rings. The quantitative estimate of drug-likeness (QED) is 0.259. The fourth-order valence-electron chi connectivity index (χ4n) is 5.48. The summed E-state index contributed by atoms with van der Waals surface area (Å²) in [6.45, 7) is 7.97. The van der Waals surface area contributed by atoms with Gasteiger partial charge in [-0.3, -0.25) is 19.4 Å². The van der Waals surface area contributed by atoms with E-state index in [1.807, 2.05) is 37.3 Å². The van der Waals surface area contributed by atoms with Crippen LogP contribution in [0.5, 0.6) is 0 Å². The number of hydrogen-bond donors (Lipinski definition) is 0. The van der Waals surface area contributed by atoms with E-state index in [0.717, 1.165) is 22.5 Å². The number of Topliss-reactive ketones (excluding diaryl/α,β-unsaturated/α-hetero) is 1. The smallest absolute Gasteiger partial charge is 0.283 e. The van der Waals surface area contributed by atoms with Gasteiger partial charge in [-0.1, -0.05) is 80.6 Å². The van der Waals surface area contributed by atoms with Crippen molar-refractivity contribution in [1.29, 1.82) is 0 Å². The molecule has 8 heteroatoms. The van der Waals surface area contributed by atoms with Gasteiger partial charge in [0, 0.05) is 24.1 Å². The maximum Gasteiger partial charge on any atom is 0.283 e. The van der Waals surface area contributed by atoms with Crippen LogP contribution in [0.3, 0.4) is 0 Å². The van der Waals surface area contributed by atoms with Gasteiger partial charge in [0.15, 0.2) is 11.5 Å². The predicted octanol–water partition coefficient (Wildman–Crippen LogP) is 5.84. The fraction of sp³-hybridized carbons (Fsp3) is 0.273. The highest BCUT2D eigenvalue weighted by atomic mass is 19.1. The molecule has 2 aliphatic rings. The molecule has 0 radical (unpaired) electrons. The molecule has 1 amide bonds. The highest BCUT2D eigenvalue weighted by Crippen LogP contribution is 2.37. The third kappa shape index (κ3) is 4.94. The number of rotatable bonds is 8. The number of fused-ring (bicyclic) bond motifs is 3. The molecule has 6 rings (SSSR count). The van der Waals surface area contributed by atoms with Gasteiger partial charge in [0.25, 0.3) is 5.91 Å². The number of nitrogens with zero attached hydrogens (tertiary/aromatic N) is 5. The van der Waals surface area contributed by atoms with E-state index in [1.54, 1.807) is 29.2 Å². The summed E-state index contributed by atoms with van der Waals surface area (Å²) < 4.78 is 15.4. The van der Waals surface area contributed by atoms with E-state index in [0.29, 0.717) is 48.6 Å². The monoisotopic (exact) mass is 549 g/mol. The molecule has 7 nitrogen and oxygen atoms in total. The summed E-state index contributed by atoms with van der Waals surface area (Å²) in [6, 6.07) is 23.5. The summed E-state index contributed by atoms with van der Waals surface area (Å²) in [5.74, 6) is 1.91. The number of aliphatic imine (C=N–C) groups is 1. The molecule has 1 atom stereocenters. The Labute approximate surface area is 239 Å². The number of ketones is 1. The number of halogens is 1. The van der Waals surface area contributed by atoms with Gasteiger partial charge < -0.3 is 4.57 Å². The normalized spacial score (nSPS) is 16.2. The van der Waals surface area contributed by atoms with Crippen molar-refractivity contribution in [3.05, 3.63) is 107 Å². The number of imidazole rings is 1. The Balaban J connectivity index is 1.40. The second-order valence-electron chi connectivity index (χ2n) is 10.9. The number of aromatic nitrogens is 2. The van der Waals surface area contributed by atoms with Crippen LogP contribution in [-0.2, 0) is 13.0 Å². The summed E-state index contributed by atoms with van der Waals surface area (Å²) in [6.07, 6.45) is 0.187. The first-order valence-corrected chi connectivity index (χ1v) is 14.0. The highest BCUT2D eigenvalue weighted by molar-refractivity contribution is 6.18. The third-order valence-electron chi connectivity index (χ3n) is 7.79. The first-order valence-electron chi connectivity index (χ1n) is 14.0. The zero-order valence-electron chi connectivity index (χ0n) is 23.4. The van der Waals surface area contributed by atoms with E-state index in [4.69, 9.17) is 9.98 Å². The van der Waals surface area contributed by atoms with Gasteiger partial charge in [0.05, 0.1) is 19.1 Å². The Morgan fingerprint density at radius 3 is 2.34 bits per heavy atom. The first-order chi connectivity index (χ1) is 19.8. The average Bonchev–Trinajstić information content (AvgIpc) is 3.58. The molecule has 1 aromatic heterocycles. The molecule has 0 N–H and O–H groups in total. The van der Waals surface area contributed by atoms with Crippen molar-refractivity contribution in [2.45, 2.75) is 39.8 Å².